The predicted octanol–water partition coefficient (Wildman–Crippen LogP) is 6.03. The normalized spacial score (nSPS) is 17.2. The molecule has 0 saturated heterocycles. The first-order chi connectivity index (χ1) is 21.7. The fourth-order valence-electron chi connectivity index (χ4n) is 5.16. The molecule has 2 N–H and O–H groups in total. The Bertz CT molecular complexity index is 1700. The van der Waals surface area contributed by atoms with Crippen LogP contribution in [0.3, 0.4) is 0 Å². The third kappa shape index (κ3) is 6.80. The van der Waals surface area contributed by atoms with Gasteiger partial charge in [-0.05, 0) is 67.9 Å². The number of nitrogens with zero attached hydrogens (tertiary/aromatic N) is 3. The number of amides is 2. The Hall–Kier alpha value is -4.84. The van der Waals surface area contributed by atoms with E-state index >= 15 is 4.39 Å². The van der Waals surface area contributed by atoms with Crippen LogP contribution < -0.4 is 24.8 Å². The average molecular weight is 620 g/mol. The summed E-state index contributed by atoms with van der Waals surface area (Å²) in [5.41, 5.74) is -0.286. The van der Waals surface area contributed by atoms with Crippen molar-refractivity contribution in [3.05, 3.63) is 72.6 Å². The first-order valence-corrected chi connectivity index (χ1v) is 14.7. The van der Waals surface area contributed by atoms with Gasteiger partial charge in [-0.2, -0.15) is 0 Å². The van der Waals surface area contributed by atoms with Gasteiger partial charge >= 0.3 is 0 Å². The zero-order valence-electron chi connectivity index (χ0n) is 25.5. The Morgan fingerprint density at radius 2 is 1.60 bits per heavy atom. The van der Waals surface area contributed by atoms with Crippen molar-refractivity contribution in [2.75, 3.05) is 44.0 Å². The molecule has 1 heterocycles. The van der Waals surface area contributed by atoms with Gasteiger partial charge in [0.15, 0.2) is 23.1 Å². The van der Waals surface area contributed by atoms with Crippen molar-refractivity contribution >= 4 is 34.1 Å². The zero-order valence-corrected chi connectivity index (χ0v) is 25.5. The second-order valence-corrected chi connectivity index (χ2v) is 10.8. The molecule has 1 saturated carbocycles. The summed E-state index contributed by atoms with van der Waals surface area (Å²) in [4.78, 5) is 37.0. The van der Waals surface area contributed by atoms with E-state index in [1.165, 1.54) is 49.8 Å². The van der Waals surface area contributed by atoms with Crippen LogP contribution in [-0.4, -0.2) is 60.0 Å². The van der Waals surface area contributed by atoms with Crippen LogP contribution in [0.15, 0.2) is 60.9 Å². The number of halogens is 2. The standard InChI is InChI=1S/C33H35F2N5O5/c1-5-40(6-2)13-14-44-29-17-26-24(16-28(29)43-4)30(37-19-36-26)45-27-12-11-23(15-25(27)35)39-32(42)33(18-20(33)3)31(41)38-22-9-7-21(34)8-10-22/h7-12,15-17,19-20H,5-6,13-14,18H2,1-4H3,(H,38,41)(H,39,42)/t20-,33-/m1/s1. The Labute approximate surface area is 259 Å². The maximum absolute atomic E-state index is 15.2. The van der Waals surface area contributed by atoms with Crippen LogP contribution in [0.5, 0.6) is 23.1 Å². The number of ether oxygens (including phenoxy) is 3. The third-order valence-electron chi connectivity index (χ3n) is 8.06. The Balaban J connectivity index is 1.29. The Morgan fingerprint density at radius 1 is 0.933 bits per heavy atom. The number of carbonyl (C=O) groups excluding carboxylic acids is 2. The summed E-state index contributed by atoms with van der Waals surface area (Å²) in [6.45, 7) is 9.02. The molecule has 0 radical (unpaired) electrons. The number of nitrogens with one attached hydrogen (secondary N) is 2. The zero-order chi connectivity index (χ0) is 32.1. The molecule has 5 rings (SSSR count). The quantitative estimate of drug-likeness (QED) is 0.174. The highest BCUT2D eigenvalue weighted by atomic mass is 19.1. The first kappa shape index (κ1) is 31.6. The molecule has 2 atom stereocenters. The maximum atomic E-state index is 15.2. The lowest BCUT2D eigenvalue weighted by Gasteiger charge is -2.19. The highest BCUT2D eigenvalue weighted by molar-refractivity contribution is 6.17. The van der Waals surface area contributed by atoms with Gasteiger partial charge in [-0.3, -0.25) is 9.59 Å². The molecule has 0 bridgehead atoms. The molecule has 12 heteroatoms. The molecule has 4 aromatic rings. The van der Waals surface area contributed by atoms with Gasteiger partial charge in [-0.1, -0.05) is 20.8 Å². The van der Waals surface area contributed by atoms with Crippen LogP contribution in [0.25, 0.3) is 10.9 Å². The number of aromatic nitrogens is 2. The highest BCUT2D eigenvalue weighted by Crippen LogP contribution is 2.53. The number of benzene rings is 3. The molecule has 0 aliphatic heterocycles. The van der Waals surface area contributed by atoms with E-state index in [2.05, 4.69) is 39.3 Å². The van der Waals surface area contributed by atoms with E-state index in [-0.39, 0.29) is 23.2 Å². The number of hydrogen-bond acceptors (Lipinski definition) is 8. The summed E-state index contributed by atoms with van der Waals surface area (Å²) in [6, 6.07) is 12.6. The summed E-state index contributed by atoms with van der Waals surface area (Å²) in [6.07, 6.45) is 1.63. The van der Waals surface area contributed by atoms with E-state index in [0.29, 0.717) is 41.1 Å². The number of fused-ring (bicyclic) bond motifs is 1. The number of anilines is 2. The molecule has 0 spiro atoms. The minimum Gasteiger partial charge on any atom is -0.493 e. The molecule has 10 nitrogen and oxygen atoms in total. The van der Waals surface area contributed by atoms with E-state index in [1.807, 2.05) is 0 Å². The fourth-order valence-corrected chi connectivity index (χ4v) is 5.16. The monoisotopic (exact) mass is 619 g/mol. The van der Waals surface area contributed by atoms with Gasteiger partial charge in [-0.25, -0.2) is 18.7 Å². The summed E-state index contributed by atoms with van der Waals surface area (Å²) in [5.74, 6) is -1.56. The van der Waals surface area contributed by atoms with Gasteiger partial charge in [0.25, 0.3) is 0 Å². The molecular formula is C33H35F2N5O5. The predicted molar refractivity (Wildman–Crippen MR) is 166 cm³/mol. The van der Waals surface area contributed by atoms with E-state index in [9.17, 15) is 14.0 Å². The molecule has 236 valence electrons. The summed E-state index contributed by atoms with van der Waals surface area (Å²) < 4.78 is 45.8. The van der Waals surface area contributed by atoms with Gasteiger partial charge in [0.05, 0.1) is 18.0 Å². The van der Waals surface area contributed by atoms with E-state index < -0.39 is 28.9 Å². The van der Waals surface area contributed by atoms with Gasteiger partial charge in [0.1, 0.15) is 24.2 Å². The van der Waals surface area contributed by atoms with Crippen molar-refractivity contribution in [1.29, 1.82) is 0 Å². The summed E-state index contributed by atoms with van der Waals surface area (Å²) in [7, 11) is 1.52. The van der Waals surface area contributed by atoms with Crippen LogP contribution in [0.4, 0.5) is 20.2 Å². The molecule has 3 aromatic carbocycles. The van der Waals surface area contributed by atoms with Gasteiger partial charge in [0.2, 0.25) is 17.7 Å². The lowest BCUT2D eigenvalue weighted by atomic mass is 10.0. The van der Waals surface area contributed by atoms with Gasteiger partial charge in [-0.15, -0.1) is 0 Å². The minimum absolute atomic E-state index is 0.104. The van der Waals surface area contributed by atoms with Crippen molar-refractivity contribution < 1.29 is 32.6 Å². The SMILES string of the molecule is CCN(CC)CCOc1cc2ncnc(Oc3ccc(NC(=O)[C@]4(C(=O)Nc5ccc(F)cc5)C[C@H]4C)cc3F)c2cc1OC. The second-order valence-electron chi connectivity index (χ2n) is 10.8. The van der Waals surface area contributed by atoms with Crippen molar-refractivity contribution in [2.45, 2.75) is 27.2 Å². The van der Waals surface area contributed by atoms with Crippen molar-refractivity contribution in [1.82, 2.24) is 14.9 Å². The third-order valence-corrected chi connectivity index (χ3v) is 8.06. The average Bonchev–Trinajstić information content (AvgIpc) is 3.73. The van der Waals surface area contributed by atoms with Crippen LogP contribution in [0.2, 0.25) is 0 Å². The first-order valence-electron chi connectivity index (χ1n) is 14.7. The van der Waals surface area contributed by atoms with Crippen LogP contribution in [0, 0.1) is 23.0 Å². The Kier molecular flexibility index (Phi) is 9.43. The number of methoxy groups -OCH3 is 1. The Morgan fingerprint density at radius 3 is 2.22 bits per heavy atom. The molecule has 45 heavy (non-hydrogen) atoms. The van der Waals surface area contributed by atoms with Gasteiger partial charge in [0, 0.05) is 30.1 Å². The largest absolute Gasteiger partial charge is 0.493 e. The topological polar surface area (TPSA) is 115 Å². The van der Waals surface area contributed by atoms with Crippen molar-refractivity contribution in [3.63, 3.8) is 0 Å². The molecule has 1 aromatic heterocycles. The van der Waals surface area contributed by atoms with Gasteiger partial charge < -0.3 is 29.7 Å². The van der Waals surface area contributed by atoms with Crippen molar-refractivity contribution in [2.24, 2.45) is 11.3 Å². The van der Waals surface area contributed by atoms with Crippen molar-refractivity contribution in [3.8, 4) is 23.1 Å². The molecule has 1 aliphatic carbocycles. The molecule has 2 amide bonds. The van der Waals surface area contributed by atoms with E-state index in [4.69, 9.17) is 14.2 Å². The van der Waals surface area contributed by atoms with E-state index in [0.717, 1.165) is 25.7 Å². The fraction of sp³-hybridized carbons (Fsp3) is 0.333. The number of rotatable bonds is 13. The van der Waals surface area contributed by atoms with Crippen LogP contribution >= 0.6 is 0 Å². The molecule has 0 unspecified atom stereocenters. The van der Waals surface area contributed by atoms with Crippen LogP contribution in [-0.2, 0) is 9.59 Å². The lowest BCUT2D eigenvalue weighted by Crippen LogP contribution is -2.37. The summed E-state index contributed by atoms with van der Waals surface area (Å²) in [5, 5.41) is 5.81. The number of hydrogen-bond donors (Lipinski definition) is 2. The molecular weight excluding hydrogens is 584 g/mol. The lowest BCUT2D eigenvalue weighted by molar-refractivity contribution is -0.131. The van der Waals surface area contributed by atoms with E-state index in [1.54, 1.807) is 19.1 Å². The minimum atomic E-state index is -1.33. The molecule has 1 fully saturated rings. The second kappa shape index (κ2) is 13.4. The number of likely N-dealkylation sites (N-methyl/N-ethyl adjacent to an activating group) is 1. The van der Waals surface area contributed by atoms with Crippen LogP contribution in [0.1, 0.15) is 27.2 Å². The highest BCUT2D eigenvalue weighted by Gasteiger charge is 2.63. The smallest absolute Gasteiger partial charge is 0.240 e. The summed E-state index contributed by atoms with van der Waals surface area (Å²) >= 11 is 0. The number of carbonyl (C=O) groups is 2. The maximum Gasteiger partial charge on any atom is 0.240 e. The molecule has 1 aliphatic rings.